The summed E-state index contributed by atoms with van der Waals surface area (Å²) in [6, 6.07) is 20.4. The molecule has 41 heavy (non-hydrogen) atoms. The molecular weight excluding hydrogens is 538 g/mol. The molecule has 12 heteroatoms. The maximum atomic E-state index is 13.1. The summed E-state index contributed by atoms with van der Waals surface area (Å²) in [6.45, 7) is 4.40. The van der Waals surface area contributed by atoms with Crippen LogP contribution in [0.5, 0.6) is 0 Å². The third-order valence-electron chi connectivity index (χ3n) is 7.68. The number of H-pyrrole nitrogens is 1. The number of rotatable bonds is 9. The van der Waals surface area contributed by atoms with Crippen LogP contribution in [0.2, 0.25) is 0 Å². The lowest BCUT2D eigenvalue weighted by molar-refractivity contribution is 0.396. The predicted molar refractivity (Wildman–Crippen MR) is 160 cm³/mol. The fraction of sp³-hybridized carbons (Fsp3) is 0.379. The van der Waals surface area contributed by atoms with Crippen molar-refractivity contribution in [2.45, 2.75) is 37.9 Å². The molecule has 1 N–H and O–H groups in total. The minimum atomic E-state index is -0.461. The predicted octanol–water partition coefficient (Wildman–Crippen LogP) is 3.29. The van der Waals surface area contributed by atoms with E-state index in [2.05, 4.69) is 62.7 Å². The third-order valence-corrected chi connectivity index (χ3v) is 8.93. The van der Waals surface area contributed by atoms with Gasteiger partial charge in [0.1, 0.15) is 0 Å². The fourth-order valence-electron chi connectivity index (χ4n) is 5.50. The number of nitrogens with one attached hydrogen (secondary N) is 1. The summed E-state index contributed by atoms with van der Waals surface area (Å²) in [5.74, 6) is 2.24. The number of para-hydroxylation sites is 1. The average molecular weight is 572 g/mol. The SMILES string of the molecule is CC(CSc1nnnn1-c1ccccc1)Cn1c(N2CCC(Cc3ccccc3)CC2)nc2c1c(=O)[nH]c(=O)n2C. The summed E-state index contributed by atoms with van der Waals surface area (Å²) in [6.07, 6.45) is 3.15. The molecule has 1 unspecified atom stereocenters. The van der Waals surface area contributed by atoms with Gasteiger partial charge in [-0.2, -0.15) is 9.67 Å². The van der Waals surface area contributed by atoms with Crippen LogP contribution >= 0.6 is 11.8 Å². The number of nitrogens with zero attached hydrogens (tertiary/aromatic N) is 8. The molecular formula is C29H33N9O2S. The molecule has 1 aliphatic heterocycles. The van der Waals surface area contributed by atoms with E-state index in [1.54, 1.807) is 23.5 Å². The number of anilines is 1. The second-order valence-corrected chi connectivity index (χ2v) is 11.7. The van der Waals surface area contributed by atoms with E-state index >= 15 is 0 Å². The molecule has 212 valence electrons. The van der Waals surface area contributed by atoms with Gasteiger partial charge in [-0.15, -0.1) is 5.10 Å². The molecule has 0 aliphatic carbocycles. The van der Waals surface area contributed by atoms with Crippen molar-refractivity contribution < 1.29 is 0 Å². The Kier molecular flexibility index (Phi) is 7.73. The lowest BCUT2D eigenvalue weighted by Crippen LogP contribution is -2.36. The van der Waals surface area contributed by atoms with Crippen LogP contribution in [0, 0.1) is 11.8 Å². The van der Waals surface area contributed by atoms with Crippen LogP contribution in [0.15, 0.2) is 75.4 Å². The number of aromatic nitrogens is 8. The molecule has 0 radical (unpaired) electrons. The molecule has 6 rings (SSSR count). The van der Waals surface area contributed by atoms with E-state index in [4.69, 9.17) is 4.98 Å². The molecule has 0 saturated carbocycles. The summed E-state index contributed by atoms with van der Waals surface area (Å²) in [7, 11) is 1.65. The molecule has 0 spiro atoms. The Morgan fingerprint density at radius 2 is 1.73 bits per heavy atom. The number of piperidine rings is 1. The Balaban J connectivity index is 1.22. The van der Waals surface area contributed by atoms with Crippen LogP contribution in [-0.4, -0.2) is 58.2 Å². The molecule has 11 nitrogen and oxygen atoms in total. The van der Waals surface area contributed by atoms with Crippen molar-refractivity contribution in [1.29, 1.82) is 0 Å². The molecule has 1 fully saturated rings. The second kappa shape index (κ2) is 11.7. The van der Waals surface area contributed by atoms with Crippen LogP contribution in [0.25, 0.3) is 16.9 Å². The summed E-state index contributed by atoms with van der Waals surface area (Å²) in [5, 5.41) is 13.0. The average Bonchev–Trinajstić information content (AvgIpc) is 3.62. The van der Waals surface area contributed by atoms with Crippen molar-refractivity contribution in [3.63, 3.8) is 0 Å². The van der Waals surface area contributed by atoms with Gasteiger partial charge in [-0.3, -0.25) is 14.3 Å². The summed E-state index contributed by atoms with van der Waals surface area (Å²) < 4.78 is 5.15. The first kappa shape index (κ1) is 27.0. The topological polar surface area (TPSA) is 120 Å². The molecule has 3 aromatic heterocycles. The zero-order valence-electron chi connectivity index (χ0n) is 23.2. The van der Waals surface area contributed by atoms with Gasteiger partial charge in [-0.1, -0.05) is 67.2 Å². The van der Waals surface area contributed by atoms with E-state index < -0.39 is 11.2 Å². The van der Waals surface area contributed by atoms with E-state index in [9.17, 15) is 9.59 Å². The first-order chi connectivity index (χ1) is 20.0. The quantitative estimate of drug-likeness (QED) is 0.268. The molecule has 0 amide bonds. The number of thioether (sulfide) groups is 1. The van der Waals surface area contributed by atoms with E-state index in [-0.39, 0.29) is 5.92 Å². The maximum absolute atomic E-state index is 13.1. The van der Waals surface area contributed by atoms with Crippen molar-refractivity contribution in [2.24, 2.45) is 18.9 Å². The minimum Gasteiger partial charge on any atom is -0.342 e. The molecule has 2 aromatic carbocycles. The Bertz CT molecular complexity index is 1740. The van der Waals surface area contributed by atoms with Gasteiger partial charge in [0.05, 0.1) is 5.69 Å². The molecule has 1 saturated heterocycles. The molecule has 0 bridgehead atoms. The van der Waals surface area contributed by atoms with Gasteiger partial charge in [0.25, 0.3) is 5.56 Å². The van der Waals surface area contributed by atoms with E-state index in [0.29, 0.717) is 28.8 Å². The Labute approximate surface area is 241 Å². The van der Waals surface area contributed by atoms with Crippen molar-refractivity contribution >= 4 is 28.9 Å². The summed E-state index contributed by atoms with van der Waals surface area (Å²) in [4.78, 5) is 35.1. The number of aryl methyl sites for hydroxylation is 1. The van der Waals surface area contributed by atoms with E-state index in [0.717, 1.165) is 49.7 Å². The molecule has 4 heterocycles. The Morgan fingerprint density at radius 3 is 2.46 bits per heavy atom. The van der Waals surface area contributed by atoms with Crippen molar-refractivity contribution in [3.05, 3.63) is 87.1 Å². The second-order valence-electron chi connectivity index (χ2n) is 10.8. The normalized spacial score (nSPS) is 15.0. The van der Waals surface area contributed by atoms with E-state index in [1.807, 2.05) is 34.9 Å². The molecule has 5 aromatic rings. The first-order valence-electron chi connectivity index (χ1n) is 13.9. The number of benzene rings is 2. The number of hydrogen-bond acceptors (Lipinski definition) is 8. The Hall–Kier alpha value is -4.19. The van der Waals surface area contributed by atoms with Crippen LogP contribution in [-0.2, 0) is 20.0 Å². The molecule has 1 aliphatic rings. The van der Waals surface area contributed by atoms with Crippen molar-refractivity contribution in [3.8, 4) is 5.69 Å². The smallest absolute Gasteiger partial charge is 0.329 e. The van der Waals surface area contributed by atoms with Crippen molar-refractivity contribution in [2.75, 3.05) is 23.7 Å². The summed E-state index contributed by atoms with van der Waals surface area (Å²) in [5.41, 5.74) is 2.24. The maximum Gasteiger partial charge on any atom is 0.329 e. The first-order valence-corrected chi connectivity index (χ1v) is 14.9. The lowest BCUT2D eigenvalue weighted by atomic mass is 9.90. The summed E-state index contributed by atoms with van der Waals surface area (Å²) >= 11 is 1.57. The molecule has 1 atom stereocenters. The van der Waals surface area contributed by atoms with Crippen LogP contribution in [0.1, 0.15) is 25.3 Å². The number of tetrazole rings is 1. The van der Waals surface area contributed by atoms with Crippen LogP contribution in [0.3, 0.4) is 0 Å². The number of hydrogen-bond donors (Lipinski definition) is 1. The highest BCUT2D eigenvalue weighted by Crippen LogP contribution is 2.29. The third kappa shape index (κ3) is 5.69. The zero-order chi connectivity index (χ0) is 28.3. The van der Waals surface area contributed by atoms with Gasteiger partial charge < -0.3 is 9.47 Å². The van der Waals surface area contributed by atoms with Gasteiger partial charge in [0.2, 0.25) is 11.1 Å². The van der Waals surface area contributed by atoms with Crippen molar-refractivity contribution in [1.82, 2.24) is 39.3 Å². The number of fused-ring (bicyclic) bond motifs is 1. The lowest BCUT2D eigenvalue weighted by Gasteiger charge is -2.33. The standard InChI is InChI=1S/C29H33N9O2S/c1-20(19-41-29-32-33-34-38(29)23-11-7-4-8-12-23)18-37-24-25(35(2)28(40)31-26(24)39)30-27(37)36-15-13-22(14-16-36)17-21-9-5-3-6-10-21/h3-12,20,22H,13-19H2,1-2H3,(H,31,39,40). The van der Waals surface area contributed by atoms with Crippen LogP contribution in [0.4, 0.5) is 5.95 Å². The fourth-order valence-corrected chi connectivity index (χ4v) is 6.40. The van der Waals surface area contributed by atoms with Gasteiger partial charge >= 0.3 is 5.69 Å². The van der Waals surface area contributed by atoms with Gasteiger partial charge in [-0.05, 0) is 59.2 Å². The highest BCUT2D eigenvalue weighted by Gasteiger charge is 2.27. The highest BCUT2D eigenvalue weighted by atomic mass is 32.2. The van der Waals surface area contributed by atoms with E-state index in [1.165, 1.54) is 10.1 Å². The number of aromatic amines is 1. The van der Waals surface area contributed by atoms with Gasteiger partial charge in [-0.25, -0.2) is 4.79 Å². The largest absolute Gasteiger partial charge is 0.342 e. The Morgan fingerprint density at radius 1 is 1.02 bits per heavy atom. The zero-order valence-corrected chi connectivity index (χ0v) is 24.0. The van der Waals surface area contributed by atoms with Gasteiger partial charge in [0.15, 0.2) is 11.2 Å². The minimum absolute atomic E-state index is 0.157. The van der Waals surface area contributed by atoms with Gasteiger partial charge in [0, 0.05) is 32.4 Å². The highest BCUT2D eigenvalue weighted by molar-refractivity contribution is 7.99. The van der Waals surface area contributed by atoms with Crippen LogP contribution < -0.4 is 16.1 Å². The monoisotopic (exact) mass is 571 g/mol. The number of imidazole rings is 1.